The minimum atomic E-state index is -0.765. The maximum atomic E-state index is 12.8. The molecular weight excluding hydrogens is 416 g/mol. The van der Waals surface area contributed by atoms with Crippen LogP contribution in [0.15, 0.2) is 11.6 Å². The predicted octanol–water partition coefficient (Wildman–Crippen LogP) is 6.13. The van der Waals surface area contributed by atoms with E-state index in [-0.39, 0.29) is 35.6 Å². The van der Waals surface area contributed by atoms with Crippen LogP contribution in [0.3, 0.4) is 0 Å². The van der Waals surface area contributed by atoms with E-state index in [0.717, 1.165) is 76.2 Å². The number of aliphatic hydroxyl groups excluding tert-OH is 1. The molecule has 0 aliphatic heterocycles. The summed E-state index contributed by atoms with van der Waals surface area (Å²) in [6.07, 6.45) is 13.6. The molecule has 0 bridgehead atoms. The highest BCUT2D eigenvalue weighted by Crippen LogP contribution is 2.36. The van der Waals surface area contributed by atoms with Crippen LogP contribution in [0.1, 0.15) is 111 Å². The Morgan fingerprint density at radius 3 is 2.15 bits per heavy atom. The van der Waals surface area contributed by atoms with E-state index in [1.165, 1.54) is 0 Å². The fraction of sp³-hybridized carbons (Fsp3) is 0.821. The van der Waals surface area contributed by atoms with Crippen molar-refractivity contribution in [2.24, 2.45) is 28.6 Å². The molecule has 33 heavy (non-hydrogen) atoms. The lowest BCUT2D eigenvalue weighted by Crippen LogP contribution is -2.23. The largest absolute Gasteiger partial charge is 0.481 e. The van der Waals surface area contributed by atoms with E-state index in [1.54, 1.807) is 13.8 Å². The topological polar surface area (TPSA) is 91.7 Å². The van der Waals surface area contributed by atoms with Gasteiger partial charge in [-0.25, -0.2) is 0 Å². The first kappa shape index (κ1) is 27.8. The van der Waals surface area contributed by atoms with Crippen LogP contribution in [0.2, 0.25) is 0 Å². The Kier molecular flexibility index (Phi) is 10.3. The number of aliphatic carboxylic acids is 1. The third-order valence-electron chi connectivity index (χ3n) is 8.03. The zero-order valence-electron chi connectivity index (χ0n) is 21.3. The molecule has 0 amide bonds. The summed E-state index contributed by atoms with van der Waals surface area (Å²) in [6, 6.07) is 0. The van der Waals surface area contributed by atoms with Crippen molar-refractivity contribution in [1.82, 2.24) is 0 Å². The van der Waals surface area contributed by atoms with Crippen LogP contribution in [0.5, 0.6) is 0 Å². The Balaban J connectivity index is 1.70. The number of carboxylic acid groups (broad SMARTS) is 1. The fourth-order valence-corrected chi connectivity index (χ4v) is 5.29. The summed E-state index contributed by atoms with van der Waals surface area (Å²) in [7, 11) is 0. The van der Waals surface area contributed by atoms with Crippen LogP contribution in [0.25, 0.3) is 0 Å². The molecule has 2 rings (SSSR count). The van der Waals surface area contributed by atoms with Gasteiger partial charge >= 0.3 is 5.97 Å². The van der Waals surface area contributed by atoms with Crippen LogP contribution >= 0.6 is 0 Å². The van der Waals surface area contributed by atoms with Crippen molar-refractivity contribution in [3.05, 3.63) is 11.6 Å². The Bertz CT molecular complexity index is 718. The molecule has 0 aromatic heterocycles. The monoisotopic (exact) mass is 462 g/mol. The van der Waals surface area contributed by atoms with Crippen molar-refractivity contribution in [1.29, 1.82) is 0 Å². The molecule has 5 heteroatoms. The van der Waals surface area contributed by atoms with Crippen LogP contribution in [0.4, 0.5) is 0 Å². The first-order chi connectivity index (χ1) is 15.5. The Hall–Kier alpha value is -1.49. The summed E-state index contributed by atoms with van der Waals surface area (Å²) in [5.74, 6) is 0.185. The number of carbonyl (C=O) groups excluding carboxylic acids is 2. The lowest BCUT2D eigenvalue weighted by atomic mass is 9.86. The summed E-state index contributed by atoms with van der Waals surface area (Å²) in [5, 5.41) is 18.6. The van der Waals surface area contributed by atoms with Crippen LogP contribution in [-0.2, 0) is 14.4 Å². The van der Waals surface area contributed by atoms with Crippen LogP contribution in [-0.4, -0.2) is 34.4 Å². The Morgan fingerprint density at radius 2 is 1.52 bits per heavy atom. The molecule has 2 aliphatic carbocycles. The second-order valence-electron chi connectivity index (χ2n) is 11.9. The first-order valence-corrected chi connectivity index (χ1v) is 13.1. The molecule has 0 spiro atoms. The second-order valence-corrected chi connectivity index (χ2v) is 11.9. The molecule has 0 saturated heterocycles. The van der Waals surface area contributed by atoms with Gasteiger partial charge in [-0.15, -0.1) is 0 Å². The third-order valence-corrected chi connectivity index (χ3v) is 8.03. The molecule has 3 unspecified atom stereocenters. The molecule has 188 valence electrons. The molecular formula is C28H46O5. The highest BCUT2D eigenvalue weighted by Gasteiger charge is 2.34. The number of Topliss-reactive ketones (excluding diaryl/α,β-unsaturated/α-hetero) is 2. The number of carbonyl (C=O) groups is 3. The smallest absolute Gasteiger partial charge is 0.309 e. The SMILES string of the molecule is CC(C)(CO)CCCCC1CCC(CC=C2CCC(CCCCC(C)(C)C(=O)O)C2=O)C1=O. The van der Waals surface area contributed by atoms with Gasteiger partial charge in [-0.2, -0.15) is 0 Å². The first-order valence-electron chi connectivity index (χ1n) is 13.1. The summed E-state index contributed by atoms with van der Waals surface area (Å²) in [5.41, 5.74) is 0.176. The molecule has 0 aromatic rings. The van der Waals surface area contributed by atoms with E-state index in [4.69, 9.17) is 0 Å². The number of allylic oxidation sites excluding steroid dienone is 2. The summed E-state index contributed by atoms with van der Waals surface area (Å²) in [6.45, 7) is 7.86. The normalized spacial score (nSPS) is 25.4. The van der Waals surface area contributed by atoms with Gasteiger partial charge in [0, 0.05) is 24.4 Å². The van der Waals surface area contributed by atoms with Gasteiger partial charge < -0.3 is 10.2 Å². The highest BCUT2D eigenvalue weighted by molar-refractivity contribution is 5.99. The van der Waals surface area contributed by atoms with E-state index >= 15 is 0 Å². The summed E-state index contributed by atoms with van der Waals surface area (Å²) < 4.78 is 0. The van der Waals surface area contributed by atoms with Gasteiger partial charge in [-0.05, 0) is 82.6 Å². The molecule has 2 fully saturated rings. The summed E-state index contributed by atoms with van der Waals surface area (Å²) in [4.78, 5) is 36.8. The van der Waals surface area contributed by atoms with Gasteiger partial charge in [0.1, 0.15) is 5.78 Å². The van der Waals surface area contributed by atoms with E-state index in [0.29, 0.717) is 18.6 Å². The third kappa shape index (κ3) is 8.35. The zero-order valence-corrected chi connectivity index (χ0v) is 21.3. The van der Waals surface area contributed by atoms with Crippen molar-refractivity contribution in [3.63, 3.8) is 0 Å². The molecule has 2 aliphatic rings. The van der Waals surface area contributed by atoms with E-state index < -0.39 is 11.4 Å². The van der Waals surface area contributed by atoms with Crippen molar-refractivity contribution < 1.29 is 24.6 Å². The van der Waals surface area contributed by atoms with Gasteiger partial charge in [0.05, 0.1) is 5.41 Å². The lowest BCUT2D eigenvalue weighted by Gasteiger charge is -2.21. The minimum absolute atomic E-state index is 0.0326. The van der Waals surface area contributed by atoms with Crippen LogP contribution < -0.4 is 0 Å². The predicted molar refractivity (Wildman–Crippen MR) is 131 cm³/mol. The minimum Gasteiger partial charge on any atom is -0.481 e. The lowest BCUT2D eigenvalue weighted by molar-refractivity contribution is -0.147. The average Bonchev–Trinajstić information content (AvgIpc) is 3.29. The molecule has 5 nitrogen and oxygen atoms in total. The Labute approximate surface area is 200 Å². The maximum absolute atomic E-state index is 12.8. The molecule has 2 N–H and O–H groups in total. The number of unbranched alkanes of at least 4 members (excludes halogenated alkanes) is 2. The highest BCUT2D eigenvalue weighted by atomic mass is 16.4. The number of ketones is 2. The van der Waals surface area contributed by atoms with Crippen molar-refractivity contribution in [2.75, 3.05) is 6.61 Å². The maximum Gasteiger partial charge on any atom is 0.309 e. The molecule has 2 saturated carbocycles. The van der Waals surface area contributed by atoms with Crippen molar-refractivity contribution in [2.45, 2.75) is 111 Å². The molecule has 0 aromatic carbocycles. The van der Waals surface area contributed by atoms with Crippen molar-refractivity contribution >= 4 is 17.5 Å². The summed E-state index contributed by atoms with van der Waals surface area (Å²) >= 11 is 0. The molecule has 3 atom stereocenters. The van der Waals surface area contributed by atoms with Gasteiger partial charge in [0.2, 0.25) is 0 Å². The van der Waals surface area contributed by atoms with E-state index in [1.807, 2.05) is 6.08 Å². The van der Waals surface area contributed by atoms with E-state index in [9.17, 15) is 24.6 Å². The average molecular weight is 463 g/mol. The molecule has 0 heterocycles. The Morgan fingerprint density at radius 1 is 0.909 bits per heavy atom. The van der Waals surface area contributed by atoms with Gasteiger partial charge in [-0.1, -0.05) is 45.6 Å². The van der Waals surface area contributed by atoms with Crippen molar-refractivity contribution in [3.8, 4) is 0 Å². The van der Waals surface area contributed by atoms with Gasteiger partial charge in [-0.3, -0.25) is 14.4 Å². The molecule has 0 radical (unpaired) electrons. The standard InChI is InChI=1S/C28H46O5/c1-27(2,19-29)17-7-5-9-20-11-13-22(24(20)30)15-16-23-14-12-21(25(23)31)10-6-8-18-28(3,4)26(32)33/h16,20-22,29H,5-15,17-19H2,1-4H3,(H,32,33). The fourth-order valence-electron chi connectivity index (χ4n) is 5.29. The zero-order chi connectivity index (χ0) is 24.6. The number of hydrogen-bond donors (Lipinski definition) is 2. The number of carboxylic acids is 1. The van der Waals surface area contributed by atoms with Gasteiger partial charge in [0.15, 0.2) is 5.78 Å². The van der Waals surface area contributed by atoms with E-state index in [2.05, 4.69) is 13.8 Å². The second kappa shape index (κ2) is 12.3. The quantitative estimate of drug-likeness (QED) is 0.239. The number of hydrogen-bond acceptors (Lipinski definition) is 4. The van der Waals surface area contributed by atoms with Gasteiger partial charge in [0.25, 0.3) is 0 Å². The van der Waals surface area contributed by atoms with Crippen LogP contribution in [0, 0.1) is 28.6 Å². The number of aliphatic hydroxyl groups is 1. The number of rotatable bonds is 14.